The highest BCUT2D eigenvalue weighted by Crippen LogP contribution is 2.18. The van der Waals surface area contributed by atoms with Gasteiger partial charge in [0.1, 0.15) is 11.5 Å². The molecule has 1 N–H and O–H groups in total. The Kier molecular flexibility index (Phi) is 7.25. The molecule has 3 rings (SSSR count). The third-order valence-corrected chi connectivity index (χ3v) is 4.63. The standard InChI is InChI=1S/C22H28N2O3/c1-18-16-24(14-12-23-18)13-5-15-26-20-8-10-21(11-9-20)27-17-22(25)19-6-3-2-4-7-19/h2-4,6-11,18,23H,5,12-17H2,1H3. The Bertz CT molecular complexity index is 703. The SMILES string of the molecule is CC1CN(CCCOc2ccc(OCC(=O)c3ccccc3)cc2)CCN1. The first-order valence-electron chi connectivity index (χ1n) is 9.60. The molecule has 27 heavy (non-hydrogen) atoms. The van der Waals surface area contributed by atoms with Gasteiger partial charge in [0.15, 0.2) is 12.4 Å². The molecule has 0 aliphatic carbocycles. The number of carbonyl (C=O) groups is 1. The van der Waals surface area contributed by atoms with E-state index in [0.29, 0.717) is 24.0 Å². The highest BCUT2D eigenvalue weighted by Gasteiger charge is 2.14. The zero-order valence-electron chi connectivity index (χ0n) is 15.9. The van der Waals surface area contributed by atoms with Crippen molar-refractivity contribution >= 4 is 5.78 Å². The van der Waals surface area contributed by atoms with Crippen molar-refractivity contribution in [3.8, 4) is 11.5 Å². The Balaban J connectivity index is 1.35. The molecule has 144 valence electrons. The molecule has 1 aliphatic rings. The molecule has 1 atom stereocenters. The molecule has 2 aromatic carbocycles. The Morgan fingerprint density at radius 3 is 2.48 bits per heavy atom. The summed E-state index contributed by atoms with van der Waals surface area (Å²) >= 11 is 0. The topological polar surface area (TPSA) is 50.8 Å². The zero-order valence-corrected chi connectivity index (χ0v) is 15.9. The minimum atomic E-state index is -0.0295. The van der Waals surface area contributed by atoms with Gasteiger partial charge in [0.2, 0.25) is 0 Å². The second-order valence-corrected chi connectivity index (χ2v) is 6.91. The molecular weight excluding hydrogens is 340 g/mol. The quantitative estimate of drug-likeness (QED) is 0.545. The van der Waals surface area contributed by atoms with Gasteiger partial charge in [0.05, 0.1) is 6.61 Å². The molecule has 0 amide bonds. The number of nitrogens with one attached hydrogen (secondary N) is 1. The lowest BCUT2D eigenvalue weighted by atomic mass is 10.1. The number of rotatable bonds is 9. The van der Waals surface area contributed by atoms with E-state index in [2.05, 4.69) is 17.1 Å². The zero-order chi connectivity index (χ0) is 18.9. The van der Waals surface area contributed by atoms with Crippen LogP contribution in [-0.2, 0) is 0 Å². The lowest BCUT2D eigenvalue weighted by molar-refractivity contribution is 0.0921. The minimum Gasteiger partial charge on any atom is -0.494 e. The van der Waals surface area contributed by atoms with Crippen LogP contribution in [0.5, 0.6) is 11.5 Å². The molecule has 0 radical (unpaired) electrons. The lowest BCUT2D eigenvalue weighted by Crippen LogP contribution is -2.49. The number of carbonyl (C=O) groups excluding carboxylic acids is 1. The van der Waals surface area contributed by atoms with Gasteiger partial charge in [-0.05, 0) is 37.6 Å². The summed E-state index contributed by atoms with van der Waals surface area (Å²) in [4.78, 5) is 14.5. The normalized spacial score (nSPS) is 17.4. The molecule has 0 bridgehead atoms. The smallest absolute Gasteiger partial charge is 0.200 e. The van der Waals surface area contributed by atoms with Gasteiger partial charge in [-0.25, -0.2) is 0 Å². The minimum absolute atomic E-state index is 0.0295. The summed E-state index contributed by atoms with van der Waals surface area (Å²) < 4.78 is 11.4. The van der Waals surface area contributed by atoms with Crippen molar-refractivity contribution in [1.29, 1.82) is 0 Å². The molecule has 5 heteroatoms. The van der Waals surface area contributed by atoms with Gasteiger partial charge in [-0.3, -0.25) is 4.79 Å². The summed E-state index contributed by atoms with van der Waals surface area (Å²) in [5.41, 5.74) is 0.663. The largest absolute Gasteiger partial charge is 0.494 e. The Labute approximate surface area is 161 Å². The van der Waals surface area contributed by atoms with Crippen molar-refractivity contribution in [3.05, 3.63) is 60.2 Å². The summed E-state index contributed by atoms with van der Waals surface area (Å²) in [6, 6.07) is 17.2. The van der Waals surface area contributed by atoms with Crippen LogP contribution in [0.25, 0.3) is 0 Å². The summed E-state index contributed by atoms with van der Waals surface area (Å²) in [7, 11) is 0. The van der Waals surface area contributed by atoms with Crippen LogP contribution in [0.15, 0.2) is 54.6 Å². The van der Waals surface area contributed by atoms with Crippen molar-refractivity contribution in [2.75, 3.05) is 39.4 Å². The van der Waals surface area contributed by atoms with Crippen LogP contribution in [-0.4, -0.2) is 56.1 Å². The molecule has 0 spiro atoms. The summed E-state index contributed by atoms with van der Waals surface area (Å²) in [6.07, 6.45) is 1.01. The fourth-order valence-corrected chi connectivity index (χ4v) is 3.18. The molecule has 1 unspecified atom stereocenters. The highest BCUT2D eigenvalue weighted by atomic mass is 16.5. The molecule has 1 fully saturated rings. The van der Waals surface area contributed by atoms with Crippen LogP contribution >= 0.6 is 0 Å². The Morgan fingerprint density at radius 2 is 1.78 bits per heavy atom. The number of hydrogen-bond donors (Lipinski definition) is 1. The van der Waals surface area contributed by atoms with E-state index in [1.54, 1.807) is 12.1 Å². The van der Waals surface area contributed by atoms with Crippen molar-refractivity contribution in [2.45, 2.75) is 19.4 Å². The van der Waals surface area contributed by atoms with Gasteiger partial charge < -0.3 is 19.7 Å². The molecule has 0 aromatic heterocycles. The van der Waals surface area contributed by atoms with E-state index >= 15 is 0 Å². The van der Waals surface area contributed by atoms with E-state index in [1.807, 2.05) is 42.5 Å². The van der Waals surface area contributed by atoms with Crippen molar-refractivity contribution in [1.82, 2.24) is 10.2 Å². The van der Waals surface area contributed by atoms with Gasteiger partial charge in [0.25, 0.3) is 0 Å². The molecular formula is C22H28N2O3. The molecule has 2 aromatic rings. The van der Waals surface area contributed by atoms with Crippen molar-refractivity contribution in [3.63, 3.8) is 0 Å². The number of benzene rings is 2. The number of piperazine rings is 1. The Morgan fingerprint density at radius 1 is 1.07 bits per heavy atom. The Hall–Kier alpha value is -2.37. The van der Waals surface area contributed by atoms with E-state index in [9.17, 15) is 4.79 Å². The number of nitrogens with zero attached hydrogens (tertiary/aromatic N) is 1. The van der Waals surface area contributed by atoms with Crippen LogP contribution in [0, 0.1) is 0 Å². The van der Waals surface area contributed by atoms with Gasteiger partial charge in [-0.15, -0.1) is 0 Å². The monoisotopic (exact) mass is 368 g/mol. The third kappa shape index (κ3) is 6.38. The van der Waals surface area contributed by atoms with Crippen LogP contribution in [0.3, 0.4) is 0 Å². The predicted octanol–water partition coefficient (Wildman–Crippen LogP) is 3.01. The van der Waals surface area contributed by atoms with Crippen LogP contribution in [0.2, 0.25) is 0 Å². The average molecular weight is 368 g/mol. The first-order chi connectivity index (χ1) is 13.2. The van der Waals surface area contributed by atoms with Gasteiger partial charge in [0, 0.05) is 37.8 Å². The lowest BCUT2D eigenvalue weighted by Gasteiger charge is -2.31. The first kappa shape index (κ1) is 19.4. The van der Waals surface area contributed by atoms with Gasteiger partial charge >= 0.3 is 0 Å². The maximum absolute atomic E-state index is 12.1. The second kappa shape index (κ2) is 10.1. The average Bonchev–Trinajstić information content (AvgIpc) is 2.71. The molecule has 0 saturated carbocycles. The highest BCUT2D eigenvalue weighted by molar-refractivity contribution is 5.97. The maximum Gasteiger partial charge on any atom is 0.200 e. The van der Waals surface area contributed by atoms with E-state index in [0.717, 1.165) is 38.3 Å². The van der Waals surface area contributed by atoms with Gasteiger partial charge in [-0.2, -0.15) is 0 Å². The summed E-state index contributed by atoms with van der Waals surface area (Å²) in [5, 5.41) is 3.45. The summed E-state index contributed by atoms with van der Waals surface area (Å²) in [5.74, 6) is 1.46. The molecule has 1 aliphatic heterocycles. The van der Waals surface area contributed by atoms with E-state index in [4.69, 9.17) is 9.47 Å². The van der Waals surface area contributed by atoms with E-state index in [-0.39, 0.29) is 12.4 Å². The van der Waals surface area contributed by atoms with E-state index < -0.39 is 0 Å². The number of ether oxygens (including phenoxy) is 2. The second-order valence-electron chi connectivity index (χ2n) is 6.91. The van der Waals surface area contributed by atoms with Crippen LogP contribution in [0.4, 0.5) is 0 Å². The summed E-state index contributed by atoms with van der Waals surface area (Å²) in [6.45, 7) is 7.30. The molecule has 5 nitrogen and oxygen atoms in total. The van der Waals surface area contributed by atoms with E-state index in [1.165, 1.54) is 0 Å². The number of Topliss-reactive ketones (excluding diaryl/α,β-unsaturated/α-hetero) is 1. The maximum atomic E-state index is 12.1. The molecule has 1 saturated heterocycles. The van der Waals surface area contributed by atoms with Crippen molar-refractivity contribution in [2.24, 2.45) is 0 Å². The first-order valence-corrected chi connectivity index (χ1v) is 9.60. The molecule has 1 heterocycles. The van der Waals surface area contributed by atoms with Crippen LogP contribution in [0.1, 0.15) is 23.7 Å². The number of hydrogen-bond acceptors (Lipinski definition) is 5. The number of ketones is 1. The third-order valence-electron chi connectivity index (χ3n) is 4.63. The van der Waals surface area contributed by atoms with Crippen molar-refractivity contribution < 1.29 is 14.3 Å². The fourth-order valence-electron chi connectivity index (χ4n) is 3.18. The van der Waals surface area contributed by atoms with Crippen LogP contribution < -0.4 is 14.8 Å². The fraction of sp³-hybridized carbons (Fsp3) is 0.409. The van der Waals surface area contributed by atoms with Gasteiger partial charge in [-0.1, -0.05) is 30.3 Å². The predicted molar refractivity (Wildman–Crippen MR) is 107 cm³/mol.